The number of carbonyl (C=O) groups excluding carboxylic acids is 2. The number of hydrogen-bond donors (Lipinski definition) is 2. The number of aliphatic hydroxyl groups excluding tert-OH is 1. The van der Waals surface area contributed by atoms with Crippen LogP contribution in [-0.2, 0) is 14.3 Å². The molecule has 0 saturated carbocycles. The Morgan fingerprint density at radius 1 is 1.17 bits per heavy atom. The predicted molar refractivity (Wildman–Crippen MR) is 175 cm³/mol. The second kappa shape index (κ2) is 16.7. The molecule has 1 unspecified atom stereocenters. The number of pyridine rings is 1. The summed E-state index contributed by atoms with van der Waals surface area (Å²) >= 11 is 0. The fourth-order valence-corrected chi connectivity index (χ4v) is 6.51. The van der Waals surface area contributed by atoms with Crippen LogP contribution in [0.4, 0.5) is 9.18 Å². The average molecular weight is 642 g/mol. The van der Waals surface area contributed by atoms with Crippen LogP contribution in [0.2, 0.25) is 0 Å². The number of carbonyl (C=O) groups is 2. The Morgan fingerprint density at radius 3 is 2.57 bits per heavy atom. The van der Waals surface area contributed by atoms with Crippen molar-refractivity contribution in [2.45, 2.75) is 115 Å². The highest BCUT2D eigenvalue weighted by Gasteiger charge is 2.37. The average Bonchev–Trinajstić information content (AvgIpc) is 3.04. The van der Waals surface area contributed by atoms with Crippen LogP contribution in [0, 0.1) is 5.92 Å². The molecule has 46 heavy (non-hydrogen) atoms. The maximum absolute atomic E-state index is 13.6. The molecule has 1 aromatic rings. The molecule has 2 N–H and O–H groups in total. The molecule has 0 spiro atoms. The van der Waals surface area contributed by atoms with Crippen LogP contribution in [-0.4, -0.2) is 99.4 Å². The molecule has 10 heteroatoms. The third-order valence-electron chi connectivity index (χ3n) is 9.67. The Bertz CT molecular complexity index is 1220. The number of cyclic esters (lactones) is 1. The van der Waals surface area contributed by atoms with Gasteiger partial charge in [0.2, 0.25) is 0 Å². The molecule has 0 bridgehead atoms. The van der Waals surface area contributed by atoms with Gasteiger partial charge in [-0.25, -0.2) is 9.18 Å². The normalized spacial score (nSPS) is 31.5. The zero-order chi connectivity index (χ0) is 33.3. The number of piperidine rings is 2. The van der Waals surface area contributed by atoms with Crippen LogP contribution in [0.1, 0.15) is 84.1 Å². The number of nitrogens with zero attached hydrogens (tertiary/aromatic N) is 3. The molecule has 254 valence electrons. The molecule has 0 radical (unpaired) electrons. The number of ether oxygens (including phenoxy) is 2. The van der Waals surface area contributed by atoms with Crippen LogP contribution in [0.5, 0.6) is 0 Å². The summed E-state index contributed by atoms with van der Waals surface area (Å²) in [5, 5.41) is 22.1. The van der Waals surface area contributed by atoms with Gasteiger partial charge in [0.25, 0.3) is 0 Å². The lowest BCUT2D eigenvalue weighted by molar-refractivity contribution is -0.151. The fourth-order valence-electron chi connectivity index (χ4n) is 6.51. The van der Waals surface area contributed by atoms with E-state index >= 15 is 0 Å². The van der Waals surface area contributed by atoms with E-state index in [0.29, 0.717) is 32.0 Å². The Balaban J connectivity index is 1.45. The first-order valence-corrected chi connectivity index (χ1v) is 16.8. The zero-order valence-electron chi connectivity index (χ0n) is 27.8. The van der Waals surface area contributed by atoms with E-state index < -0.39 is 42.1 Å². The molecule has 9 nitrogen and oxygen atoms in total. The Morgan fingerprint density at radius 2 is 1.89 bits per heavy atom. The number of likely N-dealkylation sites (tertiary alicyclic amines) is 2. The van der Waals surface area contributed by atoms with E-state index in [1.54, 1.807) is 24.1 Å². The minimum absolute atomic E-state index is 0.118. The molecule has 1 amide bonds. The van der Waals surface area contributed by atoms with Gasteiger partial charge in [0.1, 0.15) is 17.9 Å². The summed E-state index contributed by atoms with van der Waals surface area (Å²) in [4.78, 5) is 34.3. The number of amides is 1. The van der Waals surface area contributed by atoms with Crippen LogP contribution in [0.25, 0.3) is 0 Å². The maximum atomic E-state index is 13.6. The van der Waals surface area contributed by atoms with Gasteiger partial charge in [0, 0.05) is 56.5 Å². The van der Waals surface area contributed by atoms with Crippen molar-refractivity contribution in [1.29, 1.82) is 0 Å². The first-order valence-electron chi connectivity index (χ1n) is 16.8. The molecule has 4 rings (SSSR count). The van der Waals surface area contributed by atoms with Gasteiger partial charge in [-0.2, -0.15) is 0 Å². The monoisotopic (exact) mass is 641 g/mol. The summed E-state index contributed by atoms with van der Waals surface area (Å²) in [6.45, 7) is 10.0. The number of allylic oxidation sites excluding steroid dienone is 3. The summed E-state index contributed by atoms with van der Waals surface area (Å²) in [5.41, 5.74) is 0.421. The van der Waals surface area contributed by atoms with E-state index in [1.165, 1.54) is 0 Å². The summed E-state index contributed by atoms with van der Waals surface area (Å²) < 4.78 is 25.4. The quantitative estimate of drug-likeness (QED) is 0.238. The molecule has 2 saturated heterocycles. The zero-order valence-corrected chi connectivity index (χ0v) is 27.8. The van der Waals surface area contributed by atoms with Gasteiger partial charge in [-0.3, -0.25) is 9.78 Å². The summed E-state index contributed by atoms with van der Waals surface area (Å²) in [6.07, 6.45) is 11.9. The van der Waals surface area contributed by atoms with Crippen molar-refractivity contribution < 1.29 is 33.7 Å². The molecule has 3 aliphatic rings. The molecule has 0 aliphatic carbocycles. The third-order valence-corrected chi connectivity index (χ3v) is 9.67. The number of aliphatic hydroxyl groups is 2. The topological polar surface area (TPSA) is 112 Å². The van der Waals surface area contributed by atoms with Gasteiger partial charge < -0.3 is 29.5 Å². The van der Waals surface area contributed by atoms with Gasteiger partial charge in [-0.05, 0) is 75.7 Å². The number of rotatable bonds is 6. The highest BCUT2D eigenvalue weighted by atomic mass is 19.1. The number of alkyl halides is 1. The molecular weight excluding hydrogens is 589 g/mol. The minimum atomic E-state index is -1.48. The van der Waals surface area contributed by atoms with E-state index in [4.69, 9.17) is 9.47 Å². The second-order valence-electron chi connectivity index (χ2n) is 13.5. The maximum Gasteiger partial charge on any atom is 0.410 e. The van der Waals surface area contributed by atoms with Crippen molar-refractivity contribution in [2.75, 3.05) is 26.2 Å². The van der Waals surface area contributed by atoms with E-state index in [-0.39, 0.29) is 31.1 Å². The second-order valence-corrected chi connectivity index (χ2v) is 13.5. The Hall–Kier alpha value is -3.08. The number of aromatic nitrogens is 1. The van der Waals surface area contributed by atoms with Crippen LogP contribution >= 0.6 is 0 Å². The van der Waals surface area contributed by atoms with E-state index in [9.17, 15) is 24.2 Å². The summed E-state index contributed by atoms with van der Waals surface area (Å²) in [6, 6.07) is 4.24. The van der Waals surface area contributed by atoms with Crippen molar-refractivity contribution >= 4 is 12.1 Å². The number of halogens is 1. The SMILES string of the molecule is C/C(=C\C=C\C(C)c1cccnc1)[C@H]1OC(=O)C[C@H](O)CC[C@@](C)(O)[C@@H](OC(=O)N2CCC(N3CCC(F)CC3)CC2)/C=C/[C@@H]1C. The van der Waals surface area contributed by atoms with Gasteiger partial charge in [-0.1, -0.05) is 44.2 Å². The van der Waals surface area contributed by atoms with Crippen molar-refractivity contribution in [1.82, 2.24) is 14.8 Å². The van der Waals surface area contributed by atoms with Crippen LogP contribution in [0.3, 0.4) is 0 Å². The lowest BCUT2D eigenvalue weighted by atomic mass is 9.88. The molecule has 3 aliphatic heterocycles. The highest BCUT2D eigenvalue weighted by Crippen LogP contribution is 2.29. The van der Waals surface area contributed by atoms with Gasteiger partial charge in [-0.15, -0.1) is 0 Å². The third kappa shape index (κ3) is 10.2. The molecular formula is C36H52FN3O6. The Labute approximate surface area is 273 Å². The van der Waals surface area contributed by atoms with Crippen LogP contribution < -0.4 is 0 Å². The summed E-state index contributed by atoms with van der Waals surface area (Å²) in [7, 11) is 0. The van der Waals surface area contributed by atoms with Crippen molar-refractivity contribution in [2.24, 2.45) is 5.92 Å². The molecule has 0 aromatic carbocycles. The van der Waals surface area contributed by atoms with Crippen molar-refractivity contribution in [3.05, 3.63) is 66.0 Å². The van der Waals surface area contributed by atoms with Gasteiger partial charge in [0.15, 0.2) is 6.10 Å². The van der Waals surface area contributed by atoms with Crippen molar-refractivity contribution in [3.8, 4) is 0 Å². The van der Waals surface area contributed by atoms with Gasteiger partial charge in [0.05, 0.1) is 12.5 Å². The molecule has 4 heterocycles. The highest BCUT2D eigenvalue weighted by molar-refractivity contribution is 5.70. The largest absolute Gasteiger partial charge is 0.457 e. The van der Waals surface area contributed by atoms with E-state index in [0.717, 1.165) is 37.1 Å². The minimum Gasteiger partial charge on any atom is -0.457 e. The predicted octanol–water partition coefficient (Wildman–Crippen LogP) is 5.49. The standard InChI is InChI=1S/C36H52FN3O6/c1-25(28-9-6-18-38-24-28)7-5-8-26(2)34-27(3)10-11-32(36(4,44)17-12-31(41)23-33(42)46-34)45-35(43)40-21-15-30(16-22-40)39-19-13-29(37)14-20-39/h5-11,18,24-25,27,29-32,34,41,44H,12-17,19-23H2,1-4H3/b7-5+,11-10+,26-8+/t25?,27-,31+,32-,34+,36+/m0/s1. The Kier molecular flexibility index (Phi) is 13.0. The fraction of sp³-hybridized carbons (Fsp3) is 0.639. The first-order chi connectivity index (χ1) is 21.9. The molecule has 6 atom stereocenters. The van der Waals surface area contributed by atoms with Gasteiger partial charge >= 0.3 is 12.1 Å². The molecule has 2 fully saturated rings. The lowest BCUT2D eigenvalue weighted by Gasteiger charge is -2.41. The van der Waals surface area contributed by atoms with E-state index in [1.807, 2.05) is 56.5 Å². The molecule has 1 aromatic heterocycles. The van der Waals surface area contributed by atoms with Crippen LogP contribution in [0.15, 0.2) is 60.5 Å². The van der Waals surface area contributed by atoms with E-state index in [2.05, 4.69) is 16.8 Å². The lowest BCUT2D eigenvalue weighted by Crippen LogP contribution is -2.51. The van der Waals surface area contributed by atoms with Crippen molar-refractivity contribution in [3.63, 3.8) is 0 Å². The smallest absolute Gasteiger partial charge is 0.410 e. The summed E-state index contributed by atoms with van der Waals surface area (Å²) in [5.74, 6) is -0.692. The number of hydrogen-bond acceptors (Lipinski definition) is 8. The first kappa shape index (κ1) is 35.8. The number of esters is 1.